The van der Waals surface area contributed by atoms with Crippen LogP contribution in [0, 0.1) is 5.92 Å². The van der Waals surface area contributed by atoms with E-state index in [9.17, 15) is 13.2 Å². The van der Waals surface area contributed by atoms with E-state index in [0.29, 0.717) is 11.8 Å². The Balaban J connectivity index is 2.00. The van der Waals surface area contributed by atoms with Crippen LogP contribution in [-0.2, 0) is 20.4 Å². The molecule has 1 amide bonds. The number of carbonyl (C=O) groups is 1. The second kappa shape index (κ2) is 8.35. The number of hydrogen-bond donors (Lipinski definition) is 1. The zero-order valence-electron chi connectivity index (χ0n) is 15.8. The number of benzene rings is 1. The van der Waals surface area contributed by atoms with Gasteiger partial charge in [-0.3, -0.25) is 4.79 Å². The maximum atomic E-state index is 12.6. The van der Waals surface area contributed by atoms with Crippen molar-refractivity contribution < 1.29 is 13.2 Å². The Labute approximate surface area is 152 Å². The van der Waals surface area contributed by atoms with Crippen LogP contribution in [0.15, 0.2) is 24.3 Å². The second-order valence-electron chi connectivity index (χ2n) is 7.72. The summed E-state index contributed by atoms with van der Waals surface area (Å²) in [6.45, 7) is 7.83. The van der Waals surface area contributed by atoms with Gasteiger partial charge in [0.05, 0.1) is 5.75 Å². The first-order valence-corrected chi connectivity index (χ1v) is 11.0. The van der Waals surface area contributed by atoms with Gasteiger partial charge in [0.2, 0.25) is 5.91 Å². The molecular weight excluding hydrogens is 334 g/mol. The van der Waals surface area contributed by atoms with Crippen molar-refractivity contribution in [1.29, 1.82) is 0 Å². The maximum absolute atomic E-state index is 12.6. The minimum Gasteiger partial charge on any atom is -0.352 e. The maximum Gasteiger partial charge on any atom is 0.238 e. The molecule has 0 radical (unpaired) electrons. The predicted molar refractivity (Wildman–Crippen MR) is 102 cm³/mol. The third-order valence-corrected chi connectivity index (χ3v) is 7.39. The van der Waals surface area contributed by atoms with Gasteiger partial charge in [-0.05, 0) is 42.7 Å². The molecular formula is C20H31NO3S. The molecule has 5 heteroatoms. The van der Waals surface area contributed by atoms with Crippen LogP contribution in [0.25, 0.3) is 0 Å². The molecule has 0 bridgehead atoms. The summed E-state index contributed by atoms with van der Waals surface area (Å²) in [5, 5.41) is 1.94. The molecule has 0 aromatic heterocycles. The van der Waals surface area contributed by atoms with E-state index >= 15 is 0 Å². The molecule has 0 aliphatic heterocycles. The Kier molecular flexibility index (Phi) is 6.66. The van der Waals surface area contributed by atoms with Crippen LogP contribution in [0.3, 0.4) is 0 Å². The minimum atomic E-state index is -3.53. The van der Waals surface area contributed by atoms with Crippen molar-refractivity contribution in [3.63, 3.8) is 0 Å². The van der Waals surface area contributed by atoms with Gasteiger partial charge in [-0.2, -0.15) is 0 Å². The Morgan fingerprint density at radius 3 is 2.28 bits per heavy atom. The number of nitrogens with one attached hydrogen (secondary N) is 1. The fraction of sp³-hybridized carbons (Fsp3) is 0.650. The number of carbonyl (C=O) groups excluding carboxylic acids is 1. The molecule has 0 unspecified atom stereocenters. The van der Waals surface area contributed by atoms with Crippen LogP contribution in [0.5, 0.6) is 0 Å². The number of hydrogen-bond acceptors (Lipinski definition) is 3. The summed E-state index contributed by atoms with van der Waals surface area (Å²) < 4.78 is 25.2. The zero-order valence-corrected chi connectivity index (χ0v) is 16.6. The lowest BCUT2D eigenvalue weighted by Crippen LogP contribution is -2.47. The second-order valence-corrected chi connectivity index (χ2v) is 10.0. The topological polar surface area (TPSA) is 63.2 Å². The highest BCUT2D eigenvalue weighted by molar-refractivity contribution is 7.92. The summed E-state index contributed by atoms with van der Waals surface area (Å²) in [6, 6.07) is 7.72. The van der Waals surface area contributed by atoms with Gasteiger partial charge in [0.1, 0.15) is 5.25 Å². The van der Waals surface area contributed by atoms with Crippen LogP contribution in [0.4, 0.5) is 0 Å². The molecule has 1 aromatic rings. The quantitative estimate of drug-likeness (QED) is 0.834. The summed E-state index contributed by atoms with van der Waals surface area (Å²) in [6.07, 6.45) is 4.32. The van der Waals surface area contributed by atoms with Crippen LogP contribution >= 0.6 is 0 Å². The summed E-state index contributed by atoms with van der Waals surface area (Å²) in [5.41, 5.74) is 1.91. The van der Waals surface area contributed by atoms with E-state index in [2.05, 4.69) is 26.1 Å². The van der Waals surface area contributed by atoms with Gasteiger partial charge in [-0.15, -0.1) is 0 Å². The molecule has 0 saturated heterocycles. The van der Waals surface area contributed by atoms with Crippen molar-refractivity contribution in [2.24, 2.45) is 5.92 Å². The van der Waals surface area contributed by atoms with E-state index in [-0.39, 0.29) is 17.7 Å². The molecule has 2 rings (SSSR count). The summed E-state index contributed by atoms with van der Waals surface area (Å²) >= 11 is 0. The fourth-order valence-electron chi connectivity index (χ4n) is 3.35. The van der Waals surface area contributed by atoms with E-state index in [1.807, 2.05) is 24.3 Å². The average molecular weight is 366 g/mol. The molecule has 25 heavy (non-hydrogen) atoms. The van der Waals surface area contributed by atoms with E-state index in [1.54, 1.807) is 0 Å². The van der Waals surface area contributed by atoms with E-state index in [4.69, 9.17) is 0 Å². The van der Waals surface area contributed by atoms with E-state index in [1.165, 1.54) is 18.9 Å². The number of sulfone groups is 1. The van der Waals surface area contributed by atoms with Crippen molar-refractivity contribution in [3.05, 3.63) is 35.4 Å². The fourth-order valence-corrected chi connectivity index (χ4v) is 4.65. The van der Waals surface area contributed by atoms with Gasteiger partial charge in [0, 0.05) is 6.04 Å². The van der Waals surface area contributed by atoms with Crippen molar-refractivity contribution in [1.82, 2.24) is 5.32 Å². The Bertz CT molecular complexity index is 679. The van der Waals surface area contributed by atoms with E-state index < -0.39 is 15.1 Å². The third-order valence-electron chi connectivity index (χ3n) is 5.36. The van der Waals surface area contributed by atoms with Crippen LogP contribution in [0.1, 0.15) is 70.4 Å². The average Bonchev–Trinajstić information content (AvgIpc) is 2.56. The smallest absolute Gasteiger partial charge is 0.238 e. The lowest BCUT2D eigenvalue weighted by Gasteiger charge is -2.30. The molecule has 4 nitrogen and oxygen atoms in total. The lowest BCUT2D eigenvalue weighted by atomic mass is 9.86. The molecule has 1 saturated carbocycles. The predicted octanol–water partition coefficient (Wildman–Crippen LogP) is 3.81. The van der Waals surface area contributed by atoms with Gasteiger partial charge >= 0.3 is 0 Å². The monoisotopic (exact) mass is 365 g/mol. The van der Waals surface area contributed by atoms with Crippen LogP contribution in [0.2, 0.25) is 0 Å². The van der Waals surface area contributed by atoms with Crippen molar-refractivity contribution >= 4 is 15.7 Å². The van der Waals surface area contributed by atoms with Crippen LogP contribution in [-0.4, -0.2) is 25.6 Å². The molecule has 1 N–H and O–H groups in total. The summed E-state index contributed by atoms with van der Waals surface area (Å²) in [5.74, 6) is 0.363. The van der Waals surface area contributed by atoms with Gasteiger partial charge in [0.25, 0.3) is 0 Å². The van der Waals surface area contributed by atoms with Gasteiger partial charge < -0.3 is 5.32 Å². The molecule has 0 spiro atoms. The SMILES string of the molecule is CC(C)c1ccc(CS(=O)(=O)[C@H](C)C(=O)N[C@@H]2CCCC[C@H]2C)cc1. The Morgan fingerprint density at radius 2 is 1.72 bits per heavy atom. The lowest BCUT2D eigenvalue weighted by molar-refractivity contribution is -0.121. The van der Waals surface area contributed by atoms with Crippen LogP contribution < -0.4 is 5.32 Å². The van der Waals surface area contributed by atoms with Crippen molar-refractivity contribution in [2.75, 3.05) is 0 Å². The van der Waals surface area contributed by atoms with Crippen molar-refractivity contribution in [2.45, 2.75) is 76.3 Å². The first-order chi connectivity index (χ1) is 11.7. The highest BCUT2D eigenvalue weighted by atomic mass is 32.2. The highest BCUT2D eigenvalue weighted by Crippen LogP contribution is 2.24. The third kappa shape index (κ3) is 5.30. The summed E-state index contributed by atoms with van der Waals surface area (Å²) in [7, 11) is -3.53. The van der Waals surface area contributed by atoms with Gasteiger partial charge in [-0.25, -0.2) is 8.42 Å². The minimum absolute atomic E-state index is 0.0970. The molecule has 3 atom stereocenters. The normalized spacial score (nSPS) is 22.6. The molecule has 140 valence electrons. The molecule has 1 aromatic carbocycles. The van der Waals surface area contributed by atoms with Gasteiger partial charge in [0.15, 0.2) is 9.84 Å². The zero-order chi connectivity index (χ0) is 18.6. The van der Waals surface area contributed by atoms with Crippen molar-refractivity contribution in [3.8, 4) is 0 Å². The molecule has 1 aliphatic carbocycles. The Morgan fingerprint density at radius 1 is 1.12 bits per heavy atom. The van der Waals surface area contributed by atoms with E-state index in [0.717, 1.165) is 24.8 Å². The molecule has 1 fully saturated rings. The first-order valence-electron chi connectivity index (χ1n) is 9.31. The molecule has 0 heterocycles. The number of amides is 1. The summed E-state index contributed by atoms with van der Waals surface area (Å²) in [4.78, 5) is 12.4. The van der Waals surface area contributed by atoms with Gasteiger partial charge in [-0.1, -0.05) is 57.9 Å². The highest BCUT2D eigenvalue weighted by Gasteiger charge is 2.31. The standard InChI is InChI=1S/C20H31NO3S/c1-14(2)18-11-9-17(10-12-18)13-25(23,24)16(4)20(22)21-19-8-6-5-7-15(19)3/h9-12,14-16,19H,5-8,13H2,1-4H3,(H,21,22)/t15-,16-,19-/m1/s1. The Hall–Kier alpha value is -1.36. The largest absolute Gasteiger partial charge is 0.352 e. The molecule has 1 aliphatic rings. The number of rotatable bonds is 6. The first kappa shape index (κ1) is 20.0.